The van der Waals surface area contributed by atoms with Crippen molar-refractivity contribution in [3.05, 3.63) is 121 Å². The standard InChI is InChI=1S/C44H50O8/c1-4-5-6-7-8-11-20-36-27-40(35-18-14-10-15-19-35)42(50-24-26-52-44(48)33(3)31-46)29-39(36)37-21-22-38(34-16-12-9-13-17-34)41(28-37)49-23-25-51-43(47)32(2)30-45/h9-10,12-19,21-22,27-29,45-46H,2-8,11,20,23-26,30-31H2,1H3. The lowest BCUT2D eigenvalue weighted by Crippen LogP contribution is -2.15. The van der Waals surface area contributed by atoms with Crippen molar-refractivity contribution < 1.29 is 38.7 Å². The fourth-order valence-electron chi connectivity index (χ4n) is 5.73. The van der Waals surface area contributed by atoms with Crippen LogP contribution < -0.4 is 9.47 Å². The number of aliphatic hydroxyl groups excluding tert-OH is 2. The summed E-state index contributed by atoms with van der Waals surface area (Å²) in [5.41, 5.74) is 6.84. The third kappa shape index (κ3) is 11.7. The number of aliphatic hydroxyl groups is 2. The second kappa shape index (κ2) is 21.2. The van der Waals surface area contributed by atoms with Crippen LogP contribution in [0.1, 0.15) is 51.0 Å². The summed E-state index contributed by atoms with van der Waals surface area (Å²) in [5, 5.41) is 18.4. The molecule has 0 bridgehead atoms. The van der Waals surface area contributed by atoms with Gasteiger partial charge in [0.05, 0.1) is 24.4 Å². The maximum atomic E-state index is 12.1. The number of carbonyl (C=O) groups excluding carboxylic acids is 2. The molecule has 4 aromatic carbocycles. The second-order valence-electron chi connectivity index (χ2n) is 12.5. The molecule has 0 unspecified atom stereocenters. The van der Waals surface area contributed by atoms with Crippen LogP contribution in [0.15, 0.2) is 115 Å². The van der Waals surface area contributed by atoms with Gasteiger partial charge in [0, 0.05) is 11.1 Å². The molecule has 274 valence electrons. The maximum absolute atomic E-state index is 12.1. The van der Waals surface area contributed by atoms with Gasteiger partial charge < -0.3 is 29.2 Å². The van der Waals surface area contributed by atoms with Crippen molar-refractivity contribution in [2.75, 3.05) is 39.6 Å². The lowest BCUT2D eigenvalue weighted by molar-refractivity contribution is -0.141. The van der Waals surface area contributed by atoms with E-state index in [1.807, 2.05) is 78.9 Å². The van der Waals surface area contributed by atoms with E-state index >= 15 is 0 Å². The highest BCUT2D eigenvalue weighted by atomic mass is 16.6. The summed E-state index contributed by atoms with van der Waals surface area (Å²) in [6, 6.07) is 30.3. The predicted octanol–water partition coefficient (Wildman–Crippen LogP) is 8.53. The molecular formula is C44H50O8. The van der Waals surface area contributed by atoms with Crippen molar-refractivity contribution in [3.63, 3.8) is 0 Å². The van der Waals surface area contributed by atoms with E-state index in [1.54, 1.807) is 0 Å². The molecule has 0 aliphatic carbocycles. The number of rotatable bonds is 22. The van der Waals surface area contributed by atoms with E-state index in [0.29, 0.717) is 11.5 Å². The number of esters is 2. The summed E-state index contributed by atoms with van der Waals surface area (Å²) in [5.74, 6) is -0.0717. The minimum Gasteiger partial charge on any atom is -0.489 e. The Balaban J connectivity index is 1.73. The van der Waals surface area contributed by atoms with E-state index in [2.05, 4.69) is 32.2 Å². The molecule has 0 amide bonds. The fourth-order valence-corrected chi connectivity index (χ4v) is 5.73. The highest BCUT2D eigenvalue weighted by molar-refractivity contribution is 5.88. The molecular weight excluding hydrogens is 656 g/mol. The molecule has 4 aromatic rings. The fraction of sp³-hybridized carbons (Fsp3) is 0.318. The second-order valence-corrected chi connectivity index (χ2v) is 12.5. The van der Waals surface area contributed by atoms with Crippen LogP contribution in [-0.4, -0.2) is 61.8 Å². The van der Waals surface area contributed by atoms with Gasteiger partial charge in [-0.25, -0.2) is 9.59 Å². The van der Waals surface area contributed by atoms with E-state index in [9.17, 15) is 19.8 Å². The number of hydrogen-bond acceptors (Lipinski definition) is 8. The van der Waals surface area contributed by atoms with Crippen LogP contribution in [0.2, 0.25) is 0 Å². The van der Waals surface area contributed by atoms with E-state index in [-0.39, 0.29) is 37.6 Å². The maximum Gasteiger partial charge on any atom is 0.335 e. The molecule has 2 N–H and O–H groups in total. The SMILES string of the molecule is C=C(CO)C(=O)OCCOc1cc(-c2cc(OCCOC(=O)C(=C)CO)c(-c3ccccc3)cc2CCCCCCCC)ccc1-c1ccccc1. The highest BCUT2D eigenvalue weighted by Gasteiger charge is 2.18. The van der Waals surface area contributed by atoms with Crippen LogP contribution in [0.5, 0.6) is 11.5 Å². The number of ether oxygens (including phenoxy) is 4. The van der Waals surface area contributed by atoms with Gasteiger partial charge in [0.2, 0.25) is 0 Å². The van der Waals surface area contributed by atoms with Gasteiger partial charge in [-0.15, -0.1) is 0 Å². The van der Waals surface area contributed by atoms with Gasteiger partial charge in [0.15, 0.2) is 0 Å². The van der Waals surface area contributed by atoms with Crippen LogP contribution in [0.4, 0.5) is 0 Å². The zero-order valence-corrected chi connectivity index (χ0v) is 30.1. The summed E-state index contributed by atoms with van der Waals surface area (Å²) >= 11 is 0. The topological polar surface area (TPSA) is 112 Å². The van der Waals surface area contributed by atoms with Crippen LogP contribution in [-0.2, 0) is 25.5 Å². The van der Waals surface area contributed by atoms with Gasteiger partial charge in [0.25, 0.3) is 0 Å². The first kappa shape index (κ1) is 39.6. The summed E-state index contributed by atoms with van der Waals surface area (Å²) in [6.45, 7) is 8.50. The molecule has 0 radical (unpaired) electrons. The minimum atomic E-state index is -0.665. The predicted molar refractivity (Wildman–Crippen MR) is 205 cm³/mol. The van der Waals surface area contributed by atoms with Crippen molar-refractivity contribution in [2.24, 2.45) is 0 Å². The van der Waals surface area contributed by atoms with E-state index < -0.39 is 25.2 Å². The zero-order valence-electron chi connectivity index (χ0n) is 30.1. The summed E-state index contributed by atoms with van der Waals surface area (Å²) in [6.07, 6.45) is 7.89. The molecule has 8 heteroatoms. The Kier molecular flexibility index (Phi) is 16.2. The Morgan fingerprint density at radius 2 is 1.08 bits per heavy atom. The lowest BCUT2D eigenvalue weighted by Gasteiger charge is -2.20. The molecule has 0 aliphatic rings. The molecule has 0 spiro atoms. The van der Waals surface area contributed by atoms with Crippen molar-refractivity contribution in [3.8, 4) is 44.9 Å². The summed E-state index contributed by atoms with van der Waals surface area (Å²) in [4.78, 5) is 24.1. The largest absolute Gasteiger partial charge is 0.489 e. The van der Waals surface area contributed by atoms with Crippen molar-refractivity contribution in [1.29, 1.82) is 0 Å². The molecule has 0 aliphatic heterocycles. The zero-order chi connectivity index (χ0) is 37.1. The number of carbonyl (C=O) groups is 2. The third-order valence-corrected chi connectivity index (χ3v) is 8.57. The highest BCUT2D eigenvalue weighted by Crippen LogP contribution is 2.41. The smallest absolute Gasteiger partial charge is 0.335 e. The first-order valence-corrected chi connectivity index (χ1v) is 18.0. The monoisotopic (exact) mass is 706 g/mol. The number of unbranched alkanes of at least 4 members (excludes halogenated alkanes) is 5. The average molecular weight is 707 g/mol. The number of hydrogen-bond donors (Lipinski definition) is 2. The van der Waals surface area contributed by atoms with Crippen molar-refractivity contribution in [1.82, 2.24) is 0 Å². The molecule has 0 heterocycles. The van der Waals surface area contributed by atoms with Gasteiger partial charge >= 0.3 is 11.9 Å². The Morgan fingerprint density at radius 1 is 0.558 bits per heavy atom. The lowest BCUT2D eigenvalue weighted by atomic mass is 9.90. The van der Waals surface area contributed by atoms with Crippen LogP contribution in [0, 0.1) is 0 Å². The summed E-state index contributed by atoms with van der Waals surface area (Å²) < 4.78 is 23.1. The number of benzene rings is 4. The van der Waals surface area contributed by atoms with Gasteiger partial charge in [-0.2, -0.15) is 0 Å². The Morgan fingerprint density at radius 3 is 1.63 bits per heavy atom. The Bertz CT molecular complexity index is 1760. The molecule has 52 heavy (non-hydrogen) atoms. The molecule has 0 aromatic heterocycles. The van der Waals surface area contributed by atoms with Crippen molar-refractivity contribution >= 4 is 11.9 Å². The van der Waals surface area contributed by atoms with E-state index in [4.69, 9.17) is 18.9 Å². The normalized spacial score (nSPS) is 10.8. The number of aryl methyl sites for hydroxylation is 1. The first-order chi connectivity index (χ1) is 25.4. The third-order valence-electron chi connectivity index (χ3n) is 8.57. The van der Waals surface area contributed by atoms with Crippen molar-refractivity contribution in [2.45, 2.75) is 51.9 Å². The van der Waals surface area contributed by atoms with E-state index in [1.165, 1.54) is 31.2 Å². The first-order valence-electron chi connectivity index (χ1n) is 18.0. The van der Waals surface area contributed by atoms with Crippen LogP contribution in [0.3, 0.4) is 0 Å². The molecule has 0 atom stereocenters. The quantitative estimate of drug-likeness (QED) is 0.0475. The Hall–Kier alpha value is -5.18. The molecule has 0 saturated carbocycles. The molecule has 0 fully saturated rings. The molecule has 4 rings (SSSR count). The van der Waals surface area contributed by atoms with Gasteiger partial charge in [-0.05, 0) is 58.9 Å². The average Bonchev–Trinajstić information content (AvgIpc) is 3.19. The molecule has 0 saturated heterocycles. The molecule has 8 nitrogen and oxygen atoms in total. The van der Waals surface area contributed by atoms with E-state index in [0.717, 1.165) is 52.6 Å². The van der Waals surface area contributed by atoms with Gasteiger partial charge in [0.1, 0.15) is 37.9 Å². The van der Waals surface area contributed by atoms with Crippen LogP contribution in [0.25, 0.3) is 33.4 Å². The minimum absolute atomic E-state index is 0.0130. The van der Waals surface area contributed by atoms with Crippen LogP contribution >= 0.6 is 0 Å². The van der Waals surface area contributed by atoms with Gasteiger partial charge in [-0.1, -0.05) is 125 Å². The summed E-state index contributed by atoms with van der Waals surface area (Å²) in [7, 11) is 0. The Labute approximate surface area is 307 Å². The van der Waals surface area contributed by atoms with Gasteiger partial charge in [-0.3, -0.25) is 0 Å².